The number of nitrogens with zero attached hydrogens (tertiary/aromatic N) is 1. The average molecular weight is 311 g/mol. The van der Waals surface area contributed by atoms with E-state index < -0.39 is 36.1 Å². The Hall–Kier alpha value is -1.83. The van der Waals surface area contributed by atoms with E-state index in [2.05, 4.69) is 10.3 Å². The van der Waals surface area contributed by atoms with Crippen LogP contribution in [0.5, 0.6) is 0 Å². The molecular weight excluding hydrogens is 301 g/mol. The Morgan fingerprint density at radius 1 is 1.50 bits per heavy atom. The molecule has 110 valence electrons. The monoisotopic (exact) mass is 310 g/mol. The minimum Gasteiger partial charge on any atom is -0.480 e. The Balaban J connectivity index is 3.06. The number of nitrogens with one attached hydrogen (secondary N) is 1. The molecule has 0 radical (unpaired) electrons. The van der Waals surface area contributed by atoms with Crippen molar-refractivity contribution in [3.05, 3.63) is 28.5 Å². The maximum atomic E-state index is 12.5. The van der Waals surface area contributed by atoms with Gasteiger partial charge in [0.05, 0.1) is 5.56 Å². The van der Waals surface area contributed by atoms with Crippen molar-refractivity contribution in [1.29, 1.82) is 0 Å². The van der Waals surface area contributed by atoms with E-state index in [1.807, 2.05) is 0 Å². The molecule has 20 heavy (non-hydrogen) atoms. The number of pyridine rings is 1. The van der Waals surface area contributed by atoms with Crippen LogP contribution in [0.25, 0.3) is 0 Å². The van der Waals surface area contributed by atoms with Gasteiger partial charge in [0, 0.05) is 19.5 Å². The number of halogens is 4. The Labute approximate surface area is 116 Å². The van der Waals surface area contributed by atoms with E-state index in [1.165, 1.54) is 0 Å². The molecule has 9 heteroatoms. The molecule has 0 aliphatic rings. The Morgan fingerprint density at radius 3 is 2.55 bits per heavy atom. The second-order valence-electron chi connectivity index (χ2n) is 3.97. The van der Waals surface area contributed by atoms with E-state index in [0.717, 1.165) is 6.92 Å². The molecule has 0 aromatic carbocycles. The van der Waals surface area contributed by atoms with E-state index in [-0.39, 0.29) is 10.7 Å². The van der Waals surface area contributed by atoms with Crippen LogP contribution in [-0.4, -0.2) is 28.0 Å². The number of rotatable bonds is 4. The summed E-state index contributed by atoms with van der Waals surface area (Å²) in [5.74, 6) is -2.00. The van der Waals surface area contributed by atoms with E-state index in [4.69, 9.17) is 16.7 Å². The molecule has 1 aromatic heterocycles. The van der Waals surface area contributed by atoms with Crippen molar-refractivity contribution in [1.82, 2.24) is 10.3 Å². The highest BCUT2D eigenvalue weighted by atomic mass is 35.5. The number of alkyl halides is 3. The zero-order chi connectivity index (χ0) is 15.5. The lowest BCUT2D eigenvalue weighted by Gasteiger charge is -2.15. The minimum absolute atomic E-state index is 0.109. The molecule has 1 atom stereocenters. The second-order valence-corrected chi connectivity index (χ2v) is 4.33. The molecule has 2 N–H and O–H groups in total. The maximum absolute atomic E-state index is 12.5. The van der Waals surface area contributed by atoms with E-state index in [9.17, 15) is 22.8 Å². The topological polar surface area (TPSA) is 79.3 Å². The van der Waals surface area contributed by atoms with E-state index in [1.54, 1.807) is 0 Å². The first-order chi connectivity index (χ1) is 9.11. The molecule has 1 rings (SSSR count). The minimum atomic E-state index is -4.61. The third kappa shape index (κ3) is 4.37. The van der Waals surface area contributed by atoms with Crippen LogP contribution in [0.1, 0.15) is 18.1 Å². The van der Waals surface area contributed by atoms with Crippen molar-refractivity contribution in [3.63, 3.8) is 0 Å². The summed E-state index contributed by atoms with van der Waals surface area (Å²) in [7, 11) is 0. The normalized spacial score (nSPS) is 12.8. The molecule has 1 heterocycles. The number of amides is 1. The van der Waals surface area contributed by atoms with Gasteiger partial charge in [-0.1, -0.05) is 11.6 Å². The van der Waals surface area contributed by atoms with Crippen LogP contribution >= 0.6 is 11.6 Å². The van der Waals surface area contributed by atoms with Crippen molar-refractivity contribution in [3.8, 4) is 0 Å². The number of hydrogen-bond donors (Lipinski definition) is 2. The van der Waals surface area contributed by atoms with Gasteiger partial charge in [0.25, 0.3) is 0 Å². The highest BCUT2D eigenvalue weighted by molar-refractivity contribution is 6.30. The fraction of sp³-hybridized carbons (Fsp3) is 0.364. The third-order valence-electron chi connectivity index (χ3n) is 2.34. The summed E-state index contributed by atoms with van der Waals surface area (Å²) in [5.41, 5.74) is -1.15. The molecule has 0 spiro atoms. The first-order valence-electron chi connectivity index (χ1n) is 5.32. The predicted octanol–water partition coefficient (Wildman–Crippen LogP) is 1.89. The fourth-order valence-electron chi connectivity index (χ4n) is 1.46. The number of carbonyl (C=O) groups excluding carboxylic acids is 1. The number of aliphatic carboxylic acids is 1. The molecule has 0 aliphatic carbocycles. The van der Waals surface area contributed by atoms with Gasteiger partial charge in [-0.2, -0.15) is 13.2 Å². The summed E-state index contributed by atoms with van der Waals surface area (Å²) in [6.07, 6.45) is -4.45. The fourth-order valence-corrected chi connectivity index (χ4v) is 1.64. The smallest absolute Gasteiger partial charge is 0.417 e. The lowest BCUT2D eigenvalue weighted by molar-refractivity contribution is -0.141. The molecule has 1 aromatic rings. The molecule has 0 aliphatic heterocycles. The van der Waals surface area contributed by atoms with Gasteiger partial charge < -0.3 is 10.4 Å². The molecule has 5 nitrogen and oxygen atoms in total. The van der Waals surface area contributed by atoms with Gasteiger partial charge in [-0.15, -0.1) is 0 Å². The SMILES string of the molecule is CC(=O)NC(Cc1cc(C(F)(F)F)cnc1Cl)C(=O)O. The van der Waals surface area contributed by atoms with Crippen LogP contribution < -0.4 is 5.32 Å². The average Bonchev–Trinajstić information content (AvgIpc) is 2.28. The number of carboxylic acid groups (broad SMARTS) is 1. The van der Waals surface area contributed by atoms with Gasteiger partial charge in [-0.25, -0.2) is 9.78 Å². The molecule has 0 fully saturated rings. The molecule has 1 amide bonds. The van der Waals surface area contributed by atoms with E-state index in [0.29, 0.717) is 12.3 Å². The van der Waals surface area contributed by atoms with Crippen LogP contribution in [-0.2, 0) is 22.2 Å². The number of carbonyl (C=O) groups is 2. The summed E-state index contributed by atoms with van der Waals surface area (Å²) >= 11 is 5.65. The van der Waals surface area contributed by atoms with Crippen molar-refractivity contribution < 1.29 is 27.9 Å². The van der Waals surface area contributed by atoms with Gasteiger partial charge in [0.15, 0.2) is 0 Å². The summed E-state index contributed by atoms with van der Waals surface area (Å²) in [6, 6.07) is -0.664. The standard InChI is InChI=1S/C11H10ClF3N2O3/c1-5(18)17-8(10(19)20)3-6-2-7(11(13,14)15)4-16-9(6)12/h2,4,8H,3H2,1H3,(H,17,18)(H,19,20). The van der Waals surface area contributed by atoms with Crippen molar-refractivity contribution >= 4 is 23.5 Å². The number of hydrogen-bond acceptors (Lipinski definition) is 3. The Bertz CT molecular complexity index is 534. The second kappa shape index (κ2) is 6.08. The molecule has 0 saturated carbocycles. The van der Waals surface area contributed by atoms with Crippen LogP contribution in [0.15, 0.2) is 12.3 Å². The zero-order valence-electron chi connectivity index (χ0n) is 10.2. The van der Waals surface area contributed by atoms with Crippen LogP contribution in [0.4, 0.5) is 13.2 Å². The highest BCUT2D eigenvalue weighted by Gasteiger charge is 2.32. The van der Waals surface area contributed by atoms with E-state index >= 15 is 0 Å². The van der Waals surface area contributed by atoms with Crippen LogP contribution in [0.3, 0.4) is 0 Å². The van der Waals surface area contributed by atoms with Gasteiger partial charge in [0.2, 0.25) is 5.91 Å². The number of aromatic nitrogens is 1. The van der Waals surface area contributed by atoms with Crippen LogP contribution in [0.2, 0.25) is 5.15 Å². The lowest BCUT2D eigenvalue weighted by atomic mass is 10.1. The largest absolute Gasteiger partial charge is 0.480 e. The van der Waals surface area contributed by atoms with Gasteiger partial charge in [-0.3, -0.25) is 4.79 Å². The number of carboxylic acids is 1. The van der Waals surface area contributed by atoms with Crippen molar-refractivity contribution in [2.24, 2.45) is 0 Å². The van der Waals surface area contributed by atoms with Crippen LogP contribution in [0, 0.1) is 0 Å². The first-order valence-corrected chi connectivity index (χ1v) is 5.70. The highest BCUT2D eigenvalue weighted by Crippen LogP contribution is 2.30. The Kier molecular flexibility index (Phi) is 4.93. The third-order valence-corrected chi connectivity index (χ3v) is 2.68. The summed E-state index contributed by atoms with van der Waals surface area (Å²) in [5, 5.41) is 10.8. The summed E-state index contributed by atoms with van der Waals surface area (Å²) in [6.45, 7) is 1.10. The zero-order valence-corrected chi connectivity index (χ0v) is 10.9. The maximum Gasteiger partial charge on any atom is 0.417 e. The predicted molar refractivity (Wildman–Crippen MR) is 63.2 cm³/mol. The summed E-state index contributed by atoms with van der Waals surface area (Å²) < 4.78 is 37.6. The van der Waals surface area contributed by atoms with Crippen molar-refractivity contribution in [2.45, 2.75) is 25.6 Å². The molecule has 1 unspecified atom stereocenters. The molecular formula is C11H10ClF3N2O3. The lowest BCUT2D eigenvalue weighted by Crippen LogP contribution is -2.41. The first kappa shape index (κ1) is 16.2. The van der Waals surface area contributed by atoms with Gasteiger partial charge in [0.1, 0.15) is 11.2 Å². The quantitative estimate of drug-likeness (QED) is 0.832. The van der Waals surface area contributed by atoms with Crippen molar-refractivity contribution in [2.75, 3.05) is 0 Å². The van der Waals surface area contributed by atoms with Gasteiger partial charge in [-0.05, 0) is 11.6 Å². The molecule has 0 saturated heterocycles. The molecule has 0 bridgehead atoms. The Morgan fingerprint density at radius 2 is 2.10 bits per heavy atom. The van der Waals surface area contributed by atoms with Gasteiger partial charge >= 0.3 is 12.1 Å². The summed E-state index contributed by atoms with van der Waals surface area (Å²) in [4.78, 5) is 25.2.